The van der Waals surface area contributed by atoms with Gasteiger partial charge >= 0.3 is 6.01 Å². The number of anilines is 1. The Balaban J connectivity index is 1.36. The van der Waals surface area contributed by atoms with Crippen molar-refractivity contribution < 1.29 is 22.5 Å². The van der Waals surface area contributed by atoms with Crippen LogP contribution in [-0.4, -0.2) is 52.9 Å². The third-order valence-corrected chi connectivity index (χ3v) is 5.74. The van der Waals surface area contributed by atoms with Gasteiger partial charge in [0.25, 0.3) is 0 Å². The van der Waals surface area contributed by atoms with E-state index < -0.39 is 17.5 Å². The van der Waals surface area contributed by atoms with Crippen molar-refractivity contribution in [3.8, 4) is 11.4 Å². The minimum Gasteiger partial charge on any atom is -0.322 e. The Morgan fingerprint density at radius 2 is 1.76 bits per heavy atom. The topological polar surface area (TPSA) is 86.9 Å². The molecule has 34 heavy (non-hydrogen) atoms. The summed E-state index contributed by atoms with van der Waals surface area (Å²) in [4.78, 5) is 19.0. The number of carbonyl (C=O) groups is 1. The third-order valence-electron chi connectivity index (χ3n) is 5.74. The maximum Gasteiger partial charge on any atom is 0.324 e. The molecule has 0 radical (unpaired) electrons. The SMILES string of the molecule is O=C1CCC(c2cc(F)c(F)c(F)c2)=NN1Cc1cccc(-c2noc(N3CCNCC3)n2)c1. The smallest absolute Gasteiger partial charge is 0.322 e. The van der Waals surface area contributed by atoms with Crippen molar-refractivity contribution in [3.05, 3.63) is 65.0 Å². The van der Waals surface area contributed by atoms with Crippen molar-refractivity contribution in [2.75, 3.05) is 31.1 Å². The molecule has 1 saturated heterocycles. The van der Waals surface area contributed by atoms with Gasteiger partial charge in [-0.1, -0.05) is 23.4 Å². The summed E-state index contributed by atoms with van der Waals surface area (Å²) in [6.45, 7) is 3.39. The molecule has 2 aliphatic heterocycles. The number of rotatable bonds is 5. The third kappa shape index (κ3) is 4.51. The summed E-state index contributed by atoms with van der Waals surface area (Å²) in [5, 5.41) is 12.9. The Labute approximate surface area is 193 Å². The van der Waals surface area contributed by atoms with Crippen LogP contribution in [0, 0.1) is 17.5 Å². The zero-order valence-corrected chi connectivity index (χ0v) is 18.1. The van der Waals surface area contributed by atoms with Gasteiger partial charge < -0.3 is 14.7 Å². The van der Waals surface area contributed by atoms with Gasteiger partial charge in [-0.05, 0) is 23.8 Å². The van der Waals surface area contributed by atoms with E-state index in [0.29, 0.717) is 17.6 Å². The molecule has 2 aliphatic rings. The molecule has 0 spiro atoms. The fourth-order valence-corrected chi connectivity index (χ4v) is 3.95. The lowest BCUT2D eigenvalue weighted by molar-refractivity contribution is -0.132. The van der Waals surface area contributed by atoms with Crippen LogP contribution in [0.4, 0.5) is 19.2 Å². The summed E-state index contributed by atoms with van der Waals surface area (Å²) >= 11 is 0. The van der Waals surface area contributed by atoms with Crippen LogP contribution in [0.2, 0.25) is 0 Å². The molecule has 5 rings (SSSR count). The maximum absolute atomic E-state index is 13.7. The average molecular weight is 470 g/mol. The summed E-state index contributed by atoms with van der Waals surface area (Å²) in [6, 6.07) is 9.55. The van der Waals surface area contributed by atoms with Crippen LogP contribution < -0.4 is 10.2 Å². The Morgan fingerprint density at radius 1 is 1.00 bits per heavy atom. The molecule has 0 atom stereocenters. The molecule has 3 aromatic rings. The molecule has 176 valence electrons. The van der Waals surface area contributed by atoms with Crippen LogP contribution in [0.15, 0.2) is 46.0 Å². The zero-order valence-electron chi connectivity index (χ0n) is 18.1. The van der Waals surface area contributed by atoms with E-state index in [0.717, 1.165) is 49.4 Å². The first-order valence-corrected chi connectivity index (χ1v) is 10.9. The van der Waals surface area contributed by atoms with Crippen molar-refractivity contribution in [3.63, 3.8) is 0 Å². The lowest BCUT2D eigenvalue weighted by Crippen LogP contribution is -2.43. The van der Waals surface area contributed by atoms with Gasteiger partial charge in [-0.3, -0.25) is 4.79 Å². The highest BCUT2D eigenvalue weighted by Gasteiger charge is 2.24. The molecule has 1 fully saturated rings. The molecule has 1 N–H and O–H groups in total. The monoisotopic (exact) mass is 470 g/mol. The van der Waals surface area contributed by atoms with E-state index in [1.807, 2.05) is 29.2 Å². The predicted molar refractivity (Wildman–Crippen MR) is 117 cm³/mol. The van der Waals surface area contributed by atoms with Crippen LogP contribution in [0.5, 0.6) is 0 Å². The van der Waals surface area contributed by atoms with Gasteiger partial charge in [0.2, 0.25) is 11.7 Å². The normalized spacial score (nSPS) is 16.7. The zero-order chi connectivity index (χ0) is 23.7. The number of nitrogens with zero attached hydrogens (tertiary/aromatic N) is 5. The fraction of sp³-hybridized carbons (Fsp3) is 0.304. The Bertz CT molecular complexity index is 1230. The molecule has 0 unspecified atom stereocenters. The largest absolute Gasteiger partial charge is 0.324 e. The van der Waals surface area contributed by atoms with Crippen LogP contribution in [0.3, 0.4) is 0 Å². The number of hydrogen-bond donors (Lipinski definition) is 1. The molecule has 1 aromatic heterocycles. The second-order valence-corrected chi connectivity index (χ2v) is 8.09. The number of amides is 1. The summed E-state index contributed by atoms with van der Waals surface area (Å²) in [5.74, 6) is -3.92. The minimum absolute atomic E-state index is 0.106. The van der Waals surface area contributed by atoms with Crippen LogP contribution in [0.1, 0.15) is 24.0 Å². The molecule has 0 bridgehead atoms. The number of benzene rings is 2. The van der Waals surface area contributed by atoms with Gasteiger partial charge in [-0.15, -0.1) is 0 Å². The highest BCUT2D eigenvalue weighted by atomic mass is 19.2. The van der Waals surface area contributed by atoms with Crippen molar-refractivity contribution >= 4 is 17.6 Å². The number of hydrazone groups is 1. The minimum atomic E-state index is -1.54. The van der Waals surface area contributed by atoms with E-state index in [9.17, 15) is 18.0 Å². The highest BCUT2D eigenvalue weighted by Crippen LogP contribution is 2.24. The number of carbonyl (C=O) groups excluding carboxylic acids is 1. The predicted octanol–water partition coefficient (Wildman–Crippen LogP) is 3.09. The van der Waals surface area contributed by atoms with Gasteiger partial charge in [0, 0.05) is 50.1 Å². The molecule has 0 aliphatic carbocycles. The van der Waals surface area contributed by atoms with E-state index in [2.05, 4.69) is 20.6 Å². The molecule has 2 aromatic carbocycles. The van der Waals surface area contributed by atoms with Gasteiger partial charge in [0.1, 0.15) is 0 Å². The van der Waals surface area contributed by atoms with Crippen molar-refractivity contribution in [1.29, 1.82) is 0 Å². The van der Waals surface area contributed by atoms with Gasteiger partial charge in [0.15, 0.2) is 17.5 Å². The number of aromatic nitrogens is 2. The van der Waals surface area contributed by atoms with Crippen LogP contribution in [0.25, 0.3) is 11.4 Å². The first kappa shape index (κ1) is 22.1. The summed E-state index contributed by atoms with van der Waals surface area (Å²) in [7, 11) is 0. The Kier molecular flexibility index (Phi) is 6.01. The molecule has 8 nitrogen and oxygen atoms in total. The Morgan fingerprint density at radius 3 is 2.53 bits per heavy atom. The van der Waals surface area contributed by atoms with E-state index in [1.54, 1.807) is 0 Å². The number of piperazine rings is 1. The van der Waals surface area contributed by atoms with Crippen LogP contribution >= 0.6 is 0 Å². The first-order valence-electron chi connectivity index (χ1n) is 10.9. The number of hydrogen-bond acceptors (Lipinski definition) is 7. The van der Waals surface area contributed by atoms with Crippen molar-refractivity contribution in [2.24, 2.45) is 5.10 Å². The molecule has 1 amide bonds. The summed E-state index contributed by atoms with van der Waals surface area (Å²) < 4.78 is 46.1. The van der Waals surface area contributed by atoms with Crippen molar-refractivity contribution in [2.45, 2.75) is 19.4 Å². The van der Waals surface area contributed by atoms with E-state index in [4.69, 9.17) is 4.52 Å². The van der Waals surface area contributed by atoms with E-state index in [1.165, 1.54) is 5.01 Å². The quantitative estimate of drug-likeness (QED) is 0.577. The molecule has 3 heterocycles. The molecular weight excluding hydrogens is 449 g/mol. The molecule has 0 saturated carbocycles. The van der Waals surface area contributed by atoms with E-state index >= 15 is 0 Å². The first-order chi connectivity index (χ1) is 16.5. The molecular formula is C23H21F3N6O2. The number of halogens is 3. The summed E-state index contributed by atoms with van der Waals surface area (Å²) in [6.07, 6.45) is 0.329. The average Bonchev–Trinajstić information content (AvgIpc) is 3.35. The lowest BCUT2D eigenvalue weighted by Gasteiger charge is -2.24. The van der Waals surface area contributed by atoms with Crippen molar-refractivity contribution in [1.82, 2.24) is 20.5 Å². The fourth-order valence-electron chi connectivity index (χ4n) is 3.95. The Hall–Kier alpha value is -3.73. The lowest BCUT2D eigenvalue weighted by atomic mass is 10.0. The highest BCUT2D eigenvalue weighted by molar-refractivity contribution is 6.04. The van der Waals surface area contributed by atoms with Gasteiger partial charge in [0.05, 0.1) is 12.3 Å². The second kappa shape index (κ2) is 9.26. The van der Waals surface area contributed by atoms with Gasteiger partial charge in [-0.25, -0.2) is 18.2 Å². The number of nitrogens with one attached hydrogen (secondary N) is 1. The summed E-state index contributed by atoms with van der Waals surface area (Å²) in [5.41, 5.74) is 1.90. The molecule has 11 heteroatoms. The van der Waals surface area contributed by atoms with E-state index in [-0.39, 0.29) is 30.9 Å². The van der Waals surface area contributed by atoms with Gasteiger partial charge in [-0.2, -0.15) is 10.1 Å². The maximum atomic E-state index is 13.7. The standard InChI is InChI=1S/C23H21F3N6O2/c24-17-11-16(12-18(25)21(17)26)19-4-5-20(33)32(29-19)13-14-2-1-3-15(10-14)22-28-23(34-30-22)31-8-6-27-7-9-31/h1-3,10-12,27H,4-9,13H2. The second-order valence-electron chi connectivity index (χ2n) is 8.09. The van der Waals surface area contributed by atoms with Crippen LogP contribution in [-0.2, 0) is 11.3 Å².